The van der Waals surface area contributed by atoms with Gasteiger partial charge in [-0.05, 0) is 64.0 Å². The average molecular weight is 386 g/mol. The second kappa shape index (κ2) is 9.59. The van der Waals surface area contributed by atoms with Gasteiger partial charge in [0.25, 0.3) is 0 Å². The quantitative estimate of drug-likeness (QED) is 0.705. The van der Waals surface area contributed by atoms with Gasteiger partial charge in [0.05, 0.1) is 11.3 Å². The second-order valence-electron chi connectivity index (χ2n) is 7.17. The van der Waals surface area contributed by atoms with Crippen LogP contribution in [0, 0.1) is 0 Å². The summed E-state index contributed by atoms with van der Waals surface area (Å²) in [6.45, 7) is 8.72. The van der Waals surface area contributed by atoms with Crippen LogP contribution in [0.1, 0.15) is 33.1 Å². The van der Waals surface area contributed by atoms with Gasteiger partial charge in [-0.15, -0.1) is 0 Å². The number of nitrogens with zero attached hydrogens (tertiary/aromatic N) is 2. The fraction of sp³-hybridized carbons (Fsp3) is 0.524. The first kappa shape index (κ1) is 20.2. The summed E-state index contributed by atoms with van der Waals surface area (Å²) >= 11 is 0. The minimum absolute atomic E-state index is 0.121. The highest BCUT2D eigenvalue weighted by Gasteiger charge is 2.28. The summed E-state index contributed by atoms with van der Waals surface area (Å²) in [5, 5.41) is 5.63. The first-order chi connectivity index (χ1) is 13.6. The molecular weight excluding hydrogens is 356 g/mol. The highest BCUT2D eigenvalue weighted by Crippen LogP contribution is 2.20. The number of hydrogen-bond acceptors (Lipinski definition) is 5. The van der Waals surface area contributed by atoms with Gasteiger partial charge < -0.3 is 20.3 Å². The Kier molecular flexibility index (Phi) is 6.92. The molecule has 0 saturated carbocycles. The molecule has 7 heteroatoms. The highest BCUT2D eigenvalue weighted by molar-refractivity contribution is 5.96. The molecule has 2 amide bonds. The van der Waals surface area contributed by atoms with E-state index in [0.29, 0.717) is 23.5 Å². The summed E-state index contributed by atoms with van der Waals surface area (Å²) < 4.78 is 5.15. The molecule has 2 aliphatic rings. The van der Waals surface area contributed by atoms with Crippen LogP contribution < -0.4 is 15.5 Å². The first-order valence-electron chi connectivity index (χ1n) is 10.1. The fourth-order valence-electron chi connectivity index (χ4n) is 3.69. The van der Waals surface area contributed by atoms with Crippen molar-refractivity contribution in [3.8, 4) is 0 Å². The summed E-state index contributed by atoms with van der Waals surface area (Å²) in [4.78, 5) is 29.0. The maximum atomic E-state index is 12.4. The molecule has 0 bridgehead atoms. The fourth-order valence-corrected chi connectivity index (χ4v) is 3.69. The van der Waals surface area contributed by atoms with Gasteiger partial charge in [-0.1, -0.05) is 6.42 Å². The number of piperidine rings is 1. The minimum atomic E-state index is -0.361. The molecule has 1 aromatic carbocycles. The number of anilines is 2. The zero-order chi connectivity index (χ0) is 19.9. The van der Waals surface area contributed by atoms with E-state index >= 15 is 0 Å². The number of cyclic esters (lactones) is 1. The van der Waals surface area contributed by atoms with E-state index in [9.17, 15) is 9.59 Å². The van der Waals surface area contributed by atoms with Crippen molar-refractivity contribution in [2.45, 2.75) is 33.1 Å². The Morgan fingerprint density at radius 2 is 1.75 bits per heavy atom. The van der Waals surface area contributed by atoms with Gasteiger partial charge in [0, 0.05) is 31.0 Å². The van der Waals surface area contributed by atoms with Crippen molar-refractivity contribution in [3.63, 3.8) is 0 Å². The maximum Gasteiger partial charge on any atom is 0.337 e. The van der Waals surface area contributed by atoms with Crippen molar-refractivity contribution < 1.29 is 14.3 Å². The Labute approximate surface area is 166 Å². The smallest absolute Gasteiger partial charge is 0.337 e. The monoisotopic (exact) mass is 386 g/mol. The molecule has 0 unspecified atom stereocenters. The lowest BCUT2D eigenvalue weighted by Crippen LogP contribution is -2.34. The van der Waals surface area contributed by atoms with E-state index in [1.165, 1.54) is 6.42 Å². The number of carbonyl (C=O) groups is 2. The Balaban J connectivity index is 1.60. The Morgan fingerprint density at radius 1 is 1.07 bits per heavy atom. The Bertz CT molecular complexity index is 720. The number of likely N-dealkylation sites (tertiary alicyclic amines) is 1. The topological polar surface area (TPSA) is 73.9 Å². The van der Waals surface area contributed by atoms with Crippen molar-refractivity contribution in [1.82, 2.24) is 10.2 Å². The largest absolute Gasteiger partial charge is 0.456 e. The molecule has 7 nitrogen and oxygen atoms in total. The molecule has 2 heterocycles. The number of ether oxygens (including phenoxy) is 1. The third-order valence-corrected chi connectivity index (χ3v) is 5.31. The number of nitrogens with one attached hydrogen (secondary N) is 2. The van der Waals surface area contributed by atoms with Gasteiger partial charge in [-0.25, -0.2) is 9.59 Å². The molecule has 152 valence electrons. The molecule has 0 aliphatic carbocycles. The van der Waals surface area contributed by atoms with Crippen molar-refractivity contribution in [2.24, 2.45) is 0 Å². The van der Waals surface area contributed by atoms with Crippen LogP contribution in [-0.4, -0.2) is 56.2 Å². The lowest BCUT2D eigenvalue weighted by Gasteiger charge is -2.26. The average Bonchev–Trinajstić information content (AvgIpc) is 3.04. The minimum Gasteiger partial charge on any atom is -0.456 e. The summed E-state index contributed by atoms with van der Waals surface area (Å²) in [5.74, 6) is -0.329. The second-order valence-corrected chi connectivity index (χ2v) is 7.17. The summed E-state index contributed by atoms with van der Waals surface area (Å²) in [6, 6.07) is 7.39. The van der Waals surface area contributed by atoms with Crippen LogP contribution in [0.4, 0.5) is 16.2 Å². The molecule has 28 heavy (non-hydrogen) atoms. The van der Waals surface area contributed by atoms with Crippen LogP contribution in [0.5, 0.6) is 0 Å². The van der Waals surface area contributed by atoms with E-state index in [2.05, 4.69) is 34.3 Å². The molecule has 2 aliphatic heterocycles. The molecular formula is C21H30N4O3. The van der Waals surface area contributed by atoms with E-state index in [4.69, 9.17) is 4.74 Å². The zero-order valence-electron chi connectivity index (χ0n) is 16.8. The van der Waals surface area contributed by atoms with E-state index in [1.54, 1.807) is 0 Å². The van der Waals surface area contributed by atoms with Crippen LogP contribution in [0.25, 0.3) is 0 Å². The Hall–Kier alpha value is -2.54. The molecule has 3 rings (SSSR count). The molecule has 1 saturated heterocycles. The van der Waals surface area contributed by atoms with Gasteiger partial charge in [0.1, 0.15) is 6.61 Å². The standard InChI is InChI=1S/C21H30N4O3/c1-3-25(4-2)17-10-8-16(9-11-17)22-21(27)23-19-15-28-20(26)18(19)14-24-12-6-5-7-13-24/h8-11H,3-7,12-15H2,1-2H3,(H2,22,23,27). The van der Waals surface area contributed by atoms with Crippen LogP contribution in [0.2, 0.25) is 0 Å². The predicted molar refractivity (Wildman–Crippen MR) is 110 cm³/mol. The zero-order valence-corrected chi connectivity index (χ0v) is 16.8. The SMILES string of the molecule is CCN(CC)c1ccc(NC(=O)NC2=C(CN3CCCCC3)C(=O)OC2)cc1. The predicted octanol–water partition coefficient (Wildman–Crippen LogP) is 2.95. The van der Waals surface area contributed by atoms with Crippen LogP contribution in [-0.2, 0) is 9.53 Å². The van der Waals surface area contributed by atoms with Crippen LogP contribution in [0.3, 0.4) is 0 Å². The van der Waals surface area contributed by atoms with Crippen LogP contribution >= 0.6 is 0 Å². The number of carbonyl (C=O) groups excluding carboxylic acids is 2. The first-order valence-corrected chi connectivity index (χ1v) is 10.1. The number of benzene rings is 1. The lowest BCUT2D eigenvalue weighted by atomic mass is 10.1. The van der Waals surface area contributed by atoms with E-state index in [0.717, 1.165) is 44.7 Å². The van der Waals surface area contributed by atoms with Crippen LogP contribution in [0.15, 0.2) is 35.5 Å². The summed E-state index contributed by atoms with van der Waals surface area (Å²) in [5.41, 5.74) is 2.95. The van der Waals surface area contributed by atoms with Crippen molar-refractivity contribution >= 4 is 23.4 Å². The Morgan fingerprint density at radius 3 is 2.39 bits per heavy atom. The van der Waals surface area contributed by atoms with Gasteiger partial charge in [-0.2, -0.15) is 0 Å². The van der Waals surface area contributed by atoms with E-state index in [-0.39, 0.29) is 18.6 Å². The van der Waals surface area contributed by atoms with Crippen molar-refractivity contribution in [2.75, 3.05) is 49.5 Å². The number of amides is 2. The molecule has 0 aromatic heterocycles. The molecule has 1 fully saturated rings. The van der Waals surface area contributed by atoms with Gasteiger partial charge in [0.2, 0.25) is 0 Å². The number of urea groups is 1. The van der Waals surface area contributed by atoms with E-state index < -0.39 is 0 Å². The number of hydrogen-bond donors (Lipinski definition) is 2. The van der Waals surface area contributed by atoms with Crippen molar-refractivity contribution in [1.29, 1.82) is 0 Å². The molecule has 1 aromatic rings. The maximum absolute atomic E-state index is 12.4. The third kappa shape index (κ3) is 5.04. The number of esters is 1. The molecule has 0 spiro atoms. The van der Waals surface area contributed by atoms with E-state index in [1.807, 2.05) is 24.3 Å². The lowest BCUT2D eigenvalue weighted by molar-refractivity contribution is -0.136. The number of rotatable bonds is 7. The molecule has 0 radical (unpaired) electrons. The summed E-state index contributed by atoms with van der Waals surface area (Å²) in [6.07, 6.45) is 3.53. The molecule has 2 N–H and O–H groups in total. The summed E-state index contributed by atoms with van der Waals surface area (Å²) in [7, 11) is 0. The van der Waals surface area contributed by atoms with Gasteiger partial charge in [0.15, 0.2) is 0 Å². The van der Waals surface area contributed by atoms with Crippen molar-refractivity contribution in [3.05, 3.63) is 35.5 Å². The van der Waals surface area contributed by atoms with Gasteiger partial charge in [-0.3, -0.25) is 4.90 Å². The third-order valence-electron chi connectivity index (χ3n) is 5.31. The highest BCUT2D eigenvalue weighted by atomic mass is 16.5. The molecule has 0 atom stereocenters. The normalized spacial score (nSPS) is 17.4. The van der Waals surface area contributed by atoms with Gasteiger partial charge >= 0.3 is 12.0 Å².